The van der Waals surface area contributed by atoms with Gasteiger partial charge < -0.3 is 11.5 Å². The zero-order valence-electron chi connectivity index (χ0n) is 9.82. The number of hydrogen-bond donors (Lipinski definition) is 3. The number of rotatable bonds is 4. The summed E-state index contributed by atoms with van der Waals surface area (Å²) in [5, 5.41) is 7.33. The molecule has 2 rings (SSSR count). The highest BCUT2D eigenvalue weighted by atomic mass is 15.3. The monoisotopic (exact) mass is 243 g/mol. The molecule has 6 heteroatoms. The molecule has 0 saturated carbocycles. The molecule has 0 amide bonds. The lowest BCUT2D eigenvalue weighted by molar-refractivity contribution is -0.687. The van der Waals surface area contributed by atoms with Crippen LogP contribution in [0.25, 0.3) is 0 Å². The maximum Gasteiger partial charge on any atom is 0.300 e. The molecular formula is C12H15N6+. The molecule has 0 radical (unpaired) electrons. The van der Waals surface area contributed by atoms with Crippen LogP contribution < -0.4 is 16.0 Å². The number of nitrogens with zero attached hydrogens (tertiary/aromatic N) is 3. The van der Waals surface area contributed by atoms with Crippen LogP contribution in [0.3, 0.4) is 0 Å². The van der Waals surface area contributed by atoms with E-state index >= 15 is 0 Å². The molecule has 5 N–H and O–H groups in total. The largest absolute Gasteiger partial charge is 0.369 e. The first-order valence-corrected chi connectivity index (χ1v) is 5.48. The molecule has 0 fully saturated rings. The standard InChI is InChI=1S/C12H14N6/c13-12(14)17-16-8-11-15-6-7-18(11)9-10-4-2-1-3-5-10/h1-8H,9H2,(H4,13,14,15,17)/p+1. The number of hydrogen-bond acceptors (Lipinski definition) is 2. The lowest BCUT2D eigenvalue weighted by Crippen LogP contribution is -2.36. The third-order valence-electron chi connectivity index (χ3n) is 2.34. The topological polar surface area (TPSA) is 96.4 Å². The summed E-state index contributed by atoms with van der Waals surface area (Å²) in [6.45, 7) is 0.757. The van der Waals surface area contributed by atoms with Gasteiger partial charge in [-0.1, -0.05) is 30.3 Å². The Hall–Kier alpha value is -2.63. The molecule has 0 unspecified atom stereocenters. The molecule has 6 nitrogen and oxygen atoms in total. The van der Waals surface area contributed by atoms with Crippen LogP contribution in [-0.2, 0) is 6.54 Å². The second kappa shape index (κ2) is 5.62. The summed E-state index contributed by atoms with van der Waals surface area (Å²) < 4.78 is 2.01. The maximum atomic E-state index is 5.19. The van der Waals surface area contributed by atoms with Gasteiger partial charge in [0.25, 0.3) is 5.82 Å². The van der Waals surface area contributed by atoms with Crippen LogP contribution in [0.5, 0.6) is 0 Å². The van der Waals surface area contributed by atoms with Crippen molar-refractivity contribution in [2.45, 2.75) is 6.54 Å². The highest BCUT2D eigenvalue weighted by Gasteiger charge is 2.07. The molecule has 1 aromatic carbocycles. The molecule has 0 saturated heterocycles. The third-order valence-corrected chi connectivity index (χ3v) is 2.34. The van der Waals surface area contributed by atoms with E-state index in [4.69, 9.17) is 11.5 Å². The van der Waals surface area contributed by atoms with Crippen LogP contribution in [0.1, 0.15) is 11.4 Å². The Bertz CT molecular complexity index is 551. The minimum Gasteiger partial charge on any atom is -0.369 e. The molecule has 0 aliphatic rings. The number of aromatic amines is 1. The number of imidazole rings is 1. The van der Waals surface area contributed by atoms with Gasteiger partial charge in [0.1, 0.15) is 25.2 Å². The third kappa shape index (κ3) is 3.18. The average Bonchev–Trinajstić information content (AvgIpc) is 2.78. The van der Waals surface area contributed by atoms with E-state index in [1.54, 1.807) is 6.21 Å². The molecule has 0 aliphatic heterocycles. The molecule has 1 aromatic heterocycles. The van der Waals surface area contributed by atoms with E-state index < -0.39 is 0 Å². The van der Waals surface area contributed by atoms with E-state index in [9.17, 15) is 0 Å². The predicted octanol–water partition coefficient (Wildman–Crippen LogP) is -0.0422. The van der Waals surface area contributed by atoms with Crippen molar-refractivity contribution in [3.8, 4) is 0 Å². The zero-order chi connectivity index (χ0) is 12.8. The Labute approximate surface area is 105 Å². The normalized spacial score (nSPS) is 10.7. The summed E-state index contributed by atoms with van der Waals surface area (Å²) in [4.78, 5) is 3.06. The van der Waals surface area contributed by atoms with Gasteiger partial charge in [0, 0.05) is 0 Å². The predicted molar refractivity (Wildman–Crippen MR) is 69.9 cm³/mol. The van der Waals surface area contributed by atoms with Gasteiger partial charge in [-0.15, -0.1) is 10.2 Å². The van der Waals surface area contributed by atoms with Crippen LogP contribution in [0.2, 0.25) is 0 Å². The van der Waals surface area contributed by atoms with Crippen molar-refractivity contribution in [3.63, 3.8) is 0 Å². The molecule has 18 heavy (non-hydrogen) atoms. The van der Waals surface area contributed by atoms with Gasteiger partial charge in [-0.25, -0.2) is 9.55 Å². The van der Waals surface area contributed by atoms with E-state index in [2.05, 4.69) is 27.3 Å². The number of benzene rings is 1. The van der Waals surface area contributed by atoms with Crippen molar-refractivity contribution < 1.29 is 4.57 Å². The molecule has 0 atom stereocenters. The fourth-order valence-corrected chi connectivity index (χ4v) is 1.56. The Morgan fingerprint density at radius 3 is 2.78 bits per heavy atom. The Balaban J connectivity index is 2.13. The van der Waals surface area contributed by atoms with Gasteiger partial charge >= 0.3 is 0 Å². The second-order valence-electron chi connectivity index (χ2n) is 3.73. The quantitative estimate of drug-likeness (QED) is 0.304. The summed E-state index contributed by atoms with van der Waals surface area (Å²) in [5.41, 5.74) is 11.6. The average molecular weight is 243 g/mol. The van der Waals surface area contributed by atoms with Crippen molar-refractivity contribution in [3.05, 3.63) is 54.1 Å². The minimum atomic E-state index is -0.0626. The summed E-state index contributed by atoms with van der Waals surface area (Å²) in [5.74, 6) is 0.760. The number of nitrogens with two attached hydrogens (primary N) is 2. The highest BCUT2D eigenvalue weighted by Crippen LogP contribution is 1.97. The molecule has 92 valence electrons. The lowest BCUT2D eigenvalue weighted by Gasteiger charge is -1.98. The van der Waals surface area contributed by atoms with Crippen molar-refractivity contribution in [2.24, 2.45) is 21.7 Å². The van der Waals surface area contributed by atoms with Crippen LogP contribution in [0.4, 0.5) is 0 Å². The molecule has 0 bridgehead atoms. The minimum absolute atomic E-state index is 0.0626. The van der Waals surface area contributed by atoms with E-state index in [1.165, 1.54) is 5.56 Å². The molecule has 2 aromatic rings. The van der Waals surface area contributed by atoms with Gasteiger partial charge in [0.05, 0.1) is 0 Å². The first-order valence-electron chi connectivity index (χ1n) is 5.48. The van der Waals surface area contributed by atoms with Crippen LogP contribution in [0, 0.1) is 0 Å². The van der Waals surface area contributed by atoms with Gasteiger partial charge in [0.2, 0.25) is 5.96 Å². The number of nitrogens with one attached hydrogen (secondary N) is 1. The summed E-state index contributed by atoms with van der Waals surface area (Å²) in [6.07, 6.45) is 5.34. The van der Waals surface area contributed by atoms with Gasteiger partial charge in [0.15, 0.2) is 0 Å². The van der Waals surface area contributed by atoms with Crippen LogP contribution >= 0.6 is 0 Å². The lowest BCUT2D eigenvalue weighted by atomic mass is 10.2. The number of H-pyrrole nitrogens is 1. The van der Waals surface area contributed by atoms with Crippen molar-refractivity contribution in [1.82, 2.24) is 4.98 Å². The maximum absolute atomic E-state index is 5.19. The highest BCUT2D eigenvalue weighted by molar-refractivity contribution is 5.78. The van der Waals surface area contributed by atoms with Crippen LogP contribution in [-0.4, -0.2) is 17.2 Å². The van der Waals surface area contributed by atoms with E-state index in [0.717, 1.165) is 12.4 Å². The SMILES string of the molecule is NC(N)=N/N=C/c1[nH]cc[n+]1Cc1ccccc1. The van der Waals surface area contributed by atoms with Gasteiger partial charge in [-0.05, 0) is 5.56 Å². The van der Waals surface area contributed by atoms with E-state index in [0.29, 0.717) is 0 Å². The Morgan fingerprint density at radius 1 is 1.28 bits per heavy atom. The van der Waals surface area contributed by atoms with Gasteiger partial charge in [-0.2, -0.15) is 0 Å². The van der Waals surface area contributed by atoms with Gasteiger partial charge in [-0.3, -0.25) is 0 Å². The van der Waals surface area contributed by atoms with Crippen molar-refractivity contribution in [1.29, 1.82) is 0 Å². The second-order valence-corrected chi connectivity index (χ2v) is 3.73. The molecular weight excluding hydrogens is 228 g/mol. The fourth-order valence-electron chi connectivity index (χ4n) is 1.56. The molecule has 0 aliphatic carbocycles. The summed E-state index contributed by atoms with van der Waals surface area (Å²) in [7, 11) is 0. The molecule has 1 heterocycles. The van der Waals surface area contributed by atoms with Crippen LogP contribution in [0.15, 0.2) is 52.9 Å². The van der Waals surface area contributed by atoms with E-state index in [1.807, 2.05) is 35.2 Å². The van der Waals surface area contributed by atoms with Crippen molar-refractivity contribution in [2.75, 3.05) is 0 Å². The first-order chi connectivity index (χ1) is 8.75. The summed E-state index contributed by atoms with van der Waals surface area (Å²) in [6, 6.07) is 10.1. The summed E-state index contributed by atoms with van der Waals surface area (Å²) >= 11 is 0. The number of guanidine groups is 1. The fraction of sp³-hybridized carbons (Fsp3) is 0.0833. The van der Waals surface area contributed by atoms with Crippen molar-refractivity contribution >= 4 is 12.2 Å². The zero-order valence-corrected chi connectivity index (χ0v) is 9.82. The number of aromatic nitrogens is 2. The molecule has 0 spiro atoms. The Kier molecular flexibility index (Phi) is 3.70. The van der Waals surface area contributed by atoms with E-state index in [-0.39, 0.29) is 5.96 Å². The first kappa shape index (κ1) is 11.8. The smallest absolute Gasteiger partial charge is 0.300 e. The Morgan fingerprint density at radius 2 is 2.06 bits per heavy atom.